The molecule has 2 aliphatic heterocycles. The van der Waals surface area contributed by atoms with Crippen LogP contribution in [0.4, 0.5) is 10.5 Å². The van der Waals surface area contributed by atoms with Crippen molar-refractivity contribution in [3.05, 3.63) is 59.2 Å². The van der Waals surface area contributed by atoms with E-state index >= 15 is 0 Å². The van der Waals surface area contributed by atoms with Gasteiger partial charge in [0.25, 0.3) is 5.91 Å². The van der Waals surface area contributed by atoms with Gasteiger partial charge in [-0.3, -0.25) is 14.6 Å². The summed E-state index contributed by atoms with van der Waals surface area (Å²) in [5.41, 5.74) is 3.74. The molecule has 31 heavy (non-hydrogen) atoms. The fourth-order valence-electron chi connectivity index (χ4n) is 4.30. The lowest BCUT2D eigenvalue weighted by atomic mass is 10.1. The number of carbonyl (C=O) groups is 2. The van der Waals surface area contributed by atoms with Crippen LogP contribution in [0.1, 0.15) is 27.9 Å². The van der Waals surface area contributed by atoms with E-state index in [1.807, 2.05) is 42.2 Å². The van der Waals surface area contributed by atoms with Gasteiger partial charge in [0.15, 0.2) is 0 Å². The summed E-state index contributed by atoms with van der Waals surface area (Å²) < 4.78 is 5.23. The summed E-state index contributed by atoms with van der Waals surface area (Å²) in [5, 5.41) is 2.82. The second-order valence-electron chi connectivity index (χ2n) is 8.15. The van der Waals surface area contributed by atoms with Crippen LogP contribution in [0.5, 0.6) is 5.75 Å². The molecule has 2 aromatic carbocycles. The Labute approximate surface area is 183 Å². The lowest BCUT2D eigenvalue weighted by molar-refractivity contribution is 0.0761. The van der Waals surface area contributed by atoms with Crippen molar-refractivity contribution in [3.63, 3.8) is 0 Å². The number of rotatable bonds is 5. The number of ether oxygens (including phenoxy) is 1. The van der Waals surface area contributed by atoms with Gasteiger partial charge in [0.1, 0.15) is 5.75 Å². The number of methoxy groups -OCH3 is 1. The topological polar surface area (TPSA) is 65.1 Å². The van der Waals surface area contributed by atoms with Gasteiger partial charge < -0.3 is 15.0 Å². The third-order valence-corrected chi connectivity index (χ3v) is 6.03. The predicted molar refractivity (Wildman–Crippen MR) is 121 cm³/mol. The van der Waals surface area contributed by atoms with Gasteiger partial charge in [0.2, 0.25) is 0 Å². The Hall–Kier alpha value is -3.06. The van der Waals surface area contributed by atoms with Crippen molar-refractivity contribution in [2.45, 2.75) is 19.9 Å². The Bertz CT molecular complexity index is 944. The fourth-order valence-corrected chi connectivity index (χ4v) is 4.30. The zero-order valence-corrected chi connectivity index (χ0v) is 18.3. The van der Waals surface area contributed by atoms with Crippen LogP contribution < -0.4 is 15.0 Å². The minimum atomic E-state index is -0.0772. The molecular weight excluding hydrogens is 392 g/mol. The van der Waals surface area contributed by atoms with Crippen molar-refractivity contribution >= 4 is 17.6 Å². The quantitative estimate of drug-likeness (QED) is 0.805. The van der Waals surface area contributed by atoms with Crippen LogP contribution in [0.25, 0.3) is 0 Å². The van der Waals surface area contributed by atoms with Crippen LogP contribution >= 0.6 is 0 Å². The molecule has 2 saturated heterocycles. The molecule has 3 amide bonds. The maximum Gasteiger partial charge on any atom is 0.322 e. The van der Waals surface area contributed by atoms with E-state index in [-0.39, 0.29) is 11.9 Å². The van der Waals surface area contributed by atoms with Crippen molar-refractivity contribution in [1.29, 1.82) is 0 Å². The maximum absolute atomic E-state index is 13.1. The summed E-state index contributed by atoms with van der Waals surface area (Å²) >= 11 is 0. The maximum atomic E-state index is 13.1. The molecular formula is C24H30N4O3. The second kappa shape index (κ2) is 9.39. The Morgan fingerprint density at radius 2 is 1.84 bits per heavy atom. The van der Waals surface area contributed by atoms with Gasteiger partial charge in [-0.25, -0.2) is 4.79 Å². The number of anilines is 1. The van der Waals surface area contributed by atoms with Crippen LogP contribution in [0, 0.1) is 6.92 Å². The number of hydrogen-bond donors (Lipinski definition) is 1. The third-order valence-electron chi connectivity index (χ3n) is 6.03. The highest BCUT2D eigenvalue weighted by Crippen LogP contribution is 2.24. The molecule has 0 radical (unpaired) electrons. The summed E-state index contributed by atoms with van der Waals surface area (Å²) in [4.78, 5) is 31.2. The first-order valence-corrected chi connectivity index (χ1v) is 10.9. The normalized spacial score (nSPS) is 17.4. The summed E-state index contributed by atoms with van der Waals surface area (Å²) in [7, 11) is 1.67. The van der Waals surface area contributed by atoms with E-state index in [4.69, 9.17) is 4.74 Å². The minimum absolute atomic E-state index is 0.0619. The number of nitrogens with one attached hydrogen (secondary N) is 1. The van der Waals surface area contributed by atoms with E-state index in [0.717, 1.165) is 49.6 Å². The molecule has 2 fully saturated rings. The molecule has 0 spiro atoms. The van der Waals surface area contributed by atoms with Gasteiger partial charge >= 0.3 is 6.03 Å². The van der Waals surface area contributed by atoms with Crippen molar-refractivity contribution in [3.8, 4) is 5.75 Å². The molecule has 7 nitrogen and oxygen atoms in total. The van der Waals surface area contributed by atoms with Gasteiger partial charge in [0.05, 0.1) is 7.11 Å². The van der Waals surface area contributed by atoms with Gasteiger partial charge in [-0.05, 0) is 54.8 Å². The SMILES string of the molecule is COc1ccc(CN2CCCN(C(=O)c3ccc(N4CCNC4=O)c(C)c3)CC2)cc1. The van der Waals surface area contributed by atoms with Crippen LogP contribution in [0.15, 0.2) is 42.5 Å². The van der Waals surface area contributed by atoms with E-state index in [1.54, 1.807) is 12.0 Å². The summed E-state index contributed by atoms with van der Waals surface area (Å²) in [6.07, 6.45) is 0.951. The number of urea groups is 1. The first kappa shape index (κ1) is 21.2. The summed E-state index contributed by atoms with van der Waals surface area (Å²) in [6.45, 7) is 7.43. The Balaban J connectivity index is 1.38. The van der Waals surface area contributed by atoms with Gasteiger partial charge in [0, 0.05) is 57.1 Å². The van der Waals surface area contributed by atoms with Crippen molar-refractivity contribution in [1.82, 2.24) is 15.1 Å². The largest absolute Gasteiger partial charge is 0.497 e. The van der Waals surface area contributed by atoms with Crippen molar-refractivity contribution in [2.75, 3.05) is 51.3 Å². The Kier molecular flexibility index (Phi) is 6.42. The van der Waals surface area contributed by atoms with Crippen molar-refractivity contribution < 1.29 is 14.3 Å². The highest BCUT2D eigenvalue weighted by molar-refractivity contribution is 5.98. The molecule has 0 aliphatic carbocycles. The molecule has 0 aromatic heterocycles. The number of hydrogen-bond acceptors (Lipinski definition) is 4. The van der Waals surface area contributed by atoms with Crippen LogP contribution in [0.2, 0.25) is 0 Å². The molecule has 7 heteroatoms. The molecule has 164 valence electrons. The average molecular weight is 423 g/mol. The van der Waals surface area contributed by atoms with E-state index in [1.165, 1.54) is 5.56 Å². The summed E-state index contributed by atoms with van der Waals surface area (Å²) in [6, 6.07) is 13.7. The molecule has 2 heterocycles. The summed E-state index contributed by atoms with van der Waals surface area (Å²) in [5.74, 6) is 0.926. The monoisotopic (exact) mass is 422 g/mol. The highest BCUT2D eigenvalue weighted by atomic mass is 16.5. The highest BCUT2D eigenvalue weighted by Gasteiger charge is 2.24. The molecule has 0 bridgehead atoms. The number of aryl methyl sites for hydroxylation is 1. The molecule has 0 saturated carbocycles. The van der Waals surface area contributed by atoms with Crippen LogP contribution in [-0.4, -0.2) is 68.1 Å². The molecule has 2 aromatic rings. The van der Waals surface area contributed by atoms with Crippen LogP contribution in [-0.2, 0) is 6.54 Å². The Morgan fingerprint density at radius 3 is 2.52 bits per heavy atom. The zero-order valence-electron chi connectivity index (χ0n) is 18.3. The molecule has 4 rings (SSSR count). The molecule has 1 N–H and O–H groups in total. The van der Waals surface area contributed by atoms with E-state index in [9.17, 15) is 9.59 Å². The predicted octanol–water partition coefficient (Wildman–Crippen LogP) is 2.88. The number of carbonyl (C=O) groups excluding carboxylic acids is 2. The number of nitrogens with zero attached hydrogens (tertiary/aromatic N) is 3. The lowest BCUT2D eigenvalue weighted by Gasteiger charge is -2.23. The fraction of sp³-hybridized carbons (Fsp3) is 0.417. The first-order valence-electron chi connectivity index (χ1n) is 10.9. The minimum Gasteiger partial charge on any atom is -0.497 e. The first-order chi connectivity index (χ1) is 15.0. The molecule has 0 atom stereocenters. The third kappa shape index (κ3) is 4.82. The van der Waals surface area contributed by atoms with Crippen LogP contribution in [0.3, 0.4) is 0 Å². The standard InChI is InChI=1S/C24H30N4O3/c1-18-16-20(6-9-22(18)28-13-10-25-24(28)30)23(29)27-12-3-11-26(14-15-27)17-19-4-7-21(31-2)8-5-19/h4-9,16H,3,10-15,17H2,1-2H3,(H,25,30). The lowest BCUT2D eigenvalue weighted by Crippen LogP contribution is -2.35. The van der Waals surface area contributed by atoms with Crippen molar-refractivity contribution in [2.24, 2.45) is 0 Å². The van der Waals surface area contributed by atoms with E-state index < -0.39 is 0 Å². The van der Waals surface area contributed by atoms with Gasteiger partial charge in [-0.15, -0.1) is 0 Å². The van der Waals surface area contributed by atoms with E-state index in [0.29, 0.717) is 25.2 Å². The smallest absolute Gasteiger partial charge is 0.322 e. The second-order valence-corrected chi connectivity index (χ2v) is 8.15. The number of benzene rings is 2. The average Bonchev–Trinajstić information content (AvgIpc) is 3.07. The number of amides is 3. The van der Waals surface area contributed by atoms with Gasteiger partial charge in [-0.2, -0.15) is 0 Å². The van der Waals surface area contributed by atoms with E-state index in [2.05, 4.69) is 22.3 Å². The Morgan fingerprint density at radius 1 is 1.03 bits per heavy atom. The molecule has 2 aliphatic rings. The molecule has 0 unspecified atom stereocenters. The van der Waals surface area contributed by atoms with Gasteiger partial charge in [-0.1, -0.05) is 12.1 Å². The zero-order chi connectivity index (χ0) is 21.8.